The molecular weight excluding hydrogens is 332 g/mol. The normalized spacial score (nSPS) is 13.0. The number of amides is 2. The van der Waals surface area contributed by atoms with Crippen LogP contribution in [0.3, 0.4) is 0 Å². The number of carbonyl (C=O) groups is 2. The summed E-state index contributed by atoms with van der Waals surface area (Å²) in [5.41, 5.74) is 5.45. The number of nitrogens with zero attached hydrogens (tertiary/aromatic N) is 1. The largest absolute Gasteiger partial charge is 0.351 e. The summed E-state index contributed by atoms with van der Waals surface area (Å²) >= 11 is 1.56. The van der Waals surface area contributed by atoms with Crippen molar-refractivity contribution < 1.29 is 14.5 Å². The molecule has 0 saturated heterocycles. The second-order valence-corrected chi connectivity index (χ2v) is 6.25. The highest BCUT2D eigenvalue weighted by atomic mass is 32.2. The second-order valence-electron chi connectivity index (χ2n) is 5.26. The lowest BCUT2D eigenvalue weighted by atomic mass is 10.1. The molecule has 0 aromatic heterocycles. The summed E-state index contributed by atoms with van der Waals surface area (Å²) in [5, 5.41) is 16.2. The van der Waals surface area contributed by atoms with Crippen LogP contribution in [0.5, 0.6) is 0 Å². The van der Waals surface area contributed by atoms with Gasteiger partial charge in [0.15, 0.2) is 0 Å². The molecule has 24 heavy (non-hydrogen) atoms. The molecule has 1 unspecified atom stereocenters. The Bertz CT molecular complexity index is 597. The predicted octanol–water partition coefficient (Wildman–Crippen LogP) is 0.910. The van der Waals surface area contributed by atoms with Crippen molar-refractivity contribution in [3.63, 3.8) is 0 Å². The van der Waals surface area contributed by atoms with E-state index in [1.165, 1.54) is 24.3 Å². The minimum atomic E-state index is -0.724. The zero-order valence-electron chi connectivity index (χ0n) is 13.7. The van der Waals surface area contributed by atoms with Crippen LogP contribution in [0, 0.1) is 10.1 Å². The predicted molar refractivity (Wildman–Crippen MR) is 94.0 cm³/mol. The first-order valence-corrected chi connectivity index (χ1v) is 8.83. The number of nitrogens with one attached hydrogen (secondary N) is 2. The Morgan fingerprint density at radius 3 is 2.67 bits per heavy atom. The maximum absolute atomic E-state index is 12.3. The van der Waals surface area contributed by atoms with Gasteiger partial charge in [0.05, 0.1) is 4.92 Å². The van der Waals surface area contributed by atoms with Gasteiger partial charge in [-0.2, -0.15) is 11.8 Å². The molecule has 2 atom stereocenters. The van der Waals surface area contributed by atoms with E-state index in [4.69, 9.17) is 5.73 Å². The number of hydrogen-bond donors (Lipinski definition) is 3. The molecule has 0 aliphatic carbocycles. The third-order valence-electron chi connectivity index (χ3n) is 3.29. The van der Waals surface area contributed by atoms with E-state index in [0.717, 1.165) is 0 Å². The number of nitrogens with two attached hydrogens (primary N) is 1. The minimum Gasteiger partial charge on any atom is -0.351 e. The van der Waals surface area contributed by atoms with Crippen LogP contribution in [0.2, 0.25) is 0 Å². The first-order valence-electron chi connectivity index (χ1n) is 7.43. The Labute approximate surface area is 144 Å². The first-order chi connectivity index (χ1) is 11.4. The fourth-order valence-corrected chi connectivity index (χ4v) is 2.38. The van der Waals surface area contributed by atoms with E-state index >= 15 is 0 Å². The van der Waals surface area contributed by atoms with Crippen LogP contribution >= 0.6 is 11.8 Å². The Morgan fingerprint density at radius 1 is 1.38 bits per heavy atom. The van der Waals surface area contributed by atoms with Gasteiger partial charge < -0.3 is 16.4 Å². The first kappa shape index (κ1) is 19.9. The number of thioether (sulfide) groups is 1. The third kappa shape index (κ3) is 6.17. The highest BCUT2D eigenvalue weighted by Crippen LogP contribution is 2.13. The van der Waals surface area contributed by atoms with Gasteiger partial charge in [-0.05, 0) is 31.4 Å². The molecule has 0 aliphatic heterocycles. The highest BCUT2D eigenvalue weighted by molar-refractivity contribution is 7.98. The third-order valence-corrected chi connectivity index (χ3v) is 3.94. The SMILES string of the molecule is CSCCC(NC(=O)c1cccc([N+](=O)[O-])c1)C(=O)N[C@@H](C)CN. The van der Waals surface area contributed by atoms with Gasteiger partial charge in [0.2, 0.25) is 5.91 Å². The van der Waals surface area contributed by atoms with Gasteiger partial charge >= 0.3 is 0 Å². The number of non-ortho nitro benzene ring substituents is 1. The molecule has 0 fully saturated rings. The summed E-state index contributed by atoms with van der Waals surface area (Å²) in [6.45, 7) is 2.06. The zero-order valence-corrected chi connectivity index (χ0v) is 14.5. The monoisotopic (exact) mass is 354 g/mol. The van der Waals surface area contributed by atoms with E-state index in [2.05, 4.69) is 10.6 Å². The van der Waals surface area contributed by atoms with Gasteiger partial charge in [0.1, 0.15) is 6.04 Å². The number of nitro groups is 1. The Balaban J connectivity index is 2.84. The van der Waals surface area contributed by atoms with Crippen LogP contribution in [-0.4, -0.2) is 47.4 Å². The molecule has 1 aromatic rings. The standard InChI is InChI=1S/C15H22N4O4S/c1-10(9-16)17-15(21)13(6-7-24-2)18-14(20)11-4-3-5-12(8-11)19(22)23/h3-5,8,10,13H,6-7,9,16H2,1-2H3,(H,17,21)(H,18,20)/t10-,13?/m0/s1. The van der Waals surface area contributed by atoms with Crippen LogP contribution in [0.4, 0.5) is 5.69 Å². The summed E-state index contributed by atoms with van der Waals surface area (Å²) in [5.74, 6) is -0.161. The lowest BCUT2D eigenvalue weighted by Crippen LogP contribution is -2.50. The maximum Gasteiger partial charge on any atom is 0.270 e. The minimum absolute atomic E-state index is 0.137. The van der Waals surface area contributed by atoms with Gasteiger partial charge in [-0.3, -0.25) is 19.7 Å². The molecular formula is C15H22N4O4S. The fourth-order valence-electron chi connectivity index (χ4n) is 1.91. The van der Waals surface area contributed by atoms with Crippen LogP contribution in [0.1, 0.15) is 23.7 Å². The van der Waals surface area contributed by atoms with Gasteiger partial charge in [-0.25, -0.2) is 0 Å². The van der Waals surface area contributed by atoms with Crippen molar-refractivity contribution in [2.75, 3.05) is 18.6 Å². The zero-order chi connectivity index (χ0) is 18.1. The van der Waals surface area contributed by atoms with E-state index in [1.807, 2.05) is 6.26 Å². The number of carbonyl (C=O) groups excluding carboxylic acids is 2. The molecule has 9 heteroatoms. The molecule has 0 heterocycles. The fraction of sp³-hybridized carbons (Fsp3) is 0.467. The smallest absolute Gasteiger partial charge is 0.270 e. The summed E-state index contributed by atoms with van der Waals surface area (Å²) < 4.78 is 0. The summed E-state index contributed by atoms with van der Waals surface area (Å²) in [7, 11) is 0. The van der Waals surface area contributed by atoms with Crippen LogP contribution < -0.4 is 16.4 Å². The van der Waals surface area contributed by atoms with E-state index < -0.39 is 16.9 Å². The molecule has 1 aromatic carbocycles. The molecule has 0 bridgehead atoms. The van der Waals surface area contributed by atoms with Crippen LogP contribution in [0.25, 0.3) is 0 Å². The highest BCUT2D eigenvalue weighted by Gasteiger charge is 2.22. The van der Waals surface area contributed by atoms with E-state index in [-0.39, 0.29) is 23.2 Å². The van der Waals surface area contributed by atoms with E-state index in [1.54, 1.807) is 18.7 Å². The Kier molecular flexibility index (Phi) is 8.20. The van der Waals surface area contributed by atoms with Crippen LogP contribution in [0.15, 0.2) is 24.3 Å². The van der Waals surface area contributed by atoms with Crippen molar-refractivity contribution in [3.8, 4) is 0 Å². The van der Waals surface area contributed by atoms with E-state index in [0.29, 0.717) is 18.7 Å². The average Bonchev–Trinajstić information content (AvgIpc) is 2.58. The average molecular weight is 354 g/mol. The quantitative estimate of drug-likeness (QED) is 0.447. The molecule has 2 amide bonds. The molecule has 132 valence electrons. The van der Waals surface area contributed by atoms with Crippen molar-refractivity contribution in [2.45, 2.75) is 25.4 Å². The molecule has 8 nitrogen and oxygen atoms in total. The summed E-state index contributed by atoms with van der Waals surface area (Å²) in [6.07, 6.45) is 2.35. The lowest BCUT2D eigenvalue weighted by molar-refractivity contribution is -0.384. The van der Waals surface area contributed by atoms with Crippen molar-refractivity contribution >= 4 is 29.3 Å². The Morgan fingerprint density at radius 2 is 2.08 bits per heavy atom. The van der Waals surface area contributed by atoms with Gasteiger partial charge in [-0.1, -0.05) is 6.07 Å². The molecule has 4 N–H and O–H groups in total. The van der Waals surface area contributed by atoms with Crippen LogP contribution in [-0.2, 0) is 4.79 Å². The van der Waals surface area contributed by atoms with Gasteiger partial charge in [-0.15, -0.1) is 0 Å². The van der Waals surface area contributed by atoms with Crippen molar-refractivity contribution in [1.29, 1.82) is 0 Å². The number of hydrogen-bond acceptors (Lipinski definition) is 6. The van der Waals surface area contributed by atoms with Gasteiger partial charge in [0, 0.05) is 30.3 Å². The number of rotatable bonds is 9. The number of nitro benzene ring substituents is 1. The van der Waals surface area contributed by atoms with Crippen molar-refractivity contribution in [2.24, 2.45) is 5.73 Å². The molecule has 0 spiro atoms. The number of benzene rings is 1. The lowest BCUT2D eigenvalue weighted by Gasteiger charge is -2.20. The van der Waals surface area contributed by atoms with Crippen molar-refractivity contribution in [1.82, 2.24) is 10.6 Å². The molecule has 0 aliphatic rings. The molecule has 0 radical (unpaired) electrons. The molecule has 1 rings (SSSR count). The Hall–Kier alpha value is -2.13. The van der Waals surface area contributed by atoms with Gasteiger partial charge in [0.25, 0.3) is 11.6 Å². The van der Waals surface area contributed by atoms with E-state index in [9.17, 15) is 19.7 Å². The maximum atomic E-state index is 12.3. The van der Waals surface area contributed by atoms with Crippen molar-refractivity contribution in [3.05, 3.63) is 39.9 Å². The topological polar surface area (TPSA) is 127 Å². The summed E-state index contributed by atoms with van der Waals surface area (Å²) in [4.78, 5) is 34.8. The second kappa shape index (κ2) is 9.89. The summed E-state index contributed by atoms with van der Waals surface area (Å²) in [6, 6.07) is 4.45. The molecule has 0 saturated carbocycles.